The highest BCUT2D eigenvalue weighted by Gasteiger charge is 2.41. The van der Waals surface area contributed by atoms with Gasteiger partial charge in [-0.05, 0) is 32.7 Å². The molecule has 0 saturated carbocycles. The molecule has 1 N–H and O–H groups in total. The smallest absolute Gasteiger partial charge is 0.378 e. The third-order valence-corrected chi connectivity index (χ3v) is 4.34. The second-order valence-electron chi connectivity index (χ2n) is 4.85. The zero-order chi connectivity index (χ0) is 13.6. The van der Waals surface area contributed by atoms with Crippen molar-refractivity contribution in [2.24, 2.45) is 5.41 Å². The number of nitrogens with one attached hydrogen (secondary N) is 1. The molecule has 0 radical (unpaired) electrons. The molecule has 2 atom stereocenters. The second kappa shape index (κ2) is 7.01. The van der Waals surface area contributed by atoms with E-state index in [0.717, 1.165) is 25.9 Å². The minimum absolute atomic E-state index is 0.0377. The molecule has 18 heavy (non-hydrogen) atoms. The van der Waals surface area contributed by atoms with Crippen molar-refractivity contribution in [1.29, 1.82) is 0 Å². The predicted molar refractivity (Wildman–Crippen MR) is 68.8 cm³/mol. The van der Waals surface area contributed by atoms with Gasteiger partial charge in [0.25, 0.3) is 0 Å². The molecular weight excluding hydrogens is 263 g/mol. The third-order valence-electron chi connectivity index (χ3n) is 3.60. The van der Waals surface area contributed by atoms with Crippen LogP contribution in [0.25, 0.3) is 0 Å². The van der Waals surface area contributed by atoms with Gasteiger partial charge >= 0.3 is 5.51 Å². The van der Waals surface area contributed by atoms with Crippen LogP contribution in [0, 0.1) is 5.41 Å². The molecule has 6 heteroatoms. The second-order valence-corrected chi connectivity index (χ2v) is 6.01. The summed E-state index contributed by atoms with van der Waals surface area (Å²) in [5.74, 6) is 0.116. The lowest BCUT2D eigenvalue weighted by Gasteiger charge is -2.32. The van der Waals surface area contributed by atoms with Gasteiger partial charge in [0.05, 0.1) is 6.10 Å². The Hall–Kier alpha value is 0.0600. The maximum absolute atomic E-state index is 12.2. The zero-order valence-electron chi connectivity index (χ0n) is 11.0. The molecule has 0 aromatic carbocycles. The molecule has 1 aliphatic heterocycles. The largest absolute Gasteiger partial charge is 0.441 e. The van der Waals surface area contributed by atoms with E-state index >= 15 is 0 Å². The van der Waals surface area contributed by atoms with E-state index in [1.807, 2.05) is 6.92 Å². The fourth-order valence-electron chi connectivity index (χ4n) is 2.35. The first-order valence-electron chi connectivity index (χ1n) is 6.43. The minimum Gasteiger partial charge on any atom is -0.378 e. The molecule has 0 aromatic rings. The zero-order valence-corrected chi connectivity index (χ0v) is 11.8. The Morgan fingerprint density at radius 1 is 1.44 bits per heavy atom. The Labute approximate surface area is 111 Å². The van der Waals surface area contributed by atoms with E-state index in [1.54, 1.807) is 0 Å². The van der Waals surface area contributed by atoms with E-state index in [1.165, 1.54) is 0 Å². The topological polar surface area (TPSA) is 21.3 Å². The van der Waals surface area contributed by atoms with Crippen LogP contribution in [0.15, 0.2) is 0 Å². The fourth-order valence-corrected chi connectivity index (χ4v) is 3.09. The minimum atomic E-state index is -4.12. The average molecular weight is 285 g/mol. The molecule has 0 aromatic heterocycles. The molecule has 1 saturated heterocycles. The first-order valence-corrected chi connectivity index (χ1v) is 7.41. The monoisotopic (exact) mass is 285 g/mol. The van der Waals surface area contributed by atoms with Crippen molar-refractivity contribution in [2.45, 2.75) is 44.7 Å². The summed E-state index contributed by atoms with van der Waals surface area (Å²) in [4.78, 5) is 0. The number of halogens is 3. The van der Waals surface area contributed by atoms with E-state index in [4.69, 9.17) is 4.74 Å². The Morgan fingerprint density at radius 3 is 2.67 bits per heavy atom. The normalized spacial score (nSPS) is 28.8. The van der Waals surface area contributed by atoms with Gasteiger partial charge in [0.15, 0.2) is 0 Å². The van der Waals surface area contributed by atoms with Crippen molar-refractivity contribution in [2.75, 3.05) is 25.4 Å². The lowest BCUT2D eigenvalue weighted by atomic mass is 9.79. The van der Waals surface area contributed by atoms with Gasteiger partial charge in [-0.2, -0.15) is 13.2 Å². The van der Waals surface area contributed by atoms with Gasteiger partial charge < -0.3 is 10.1 Å². The molecule has 0 amide bonds. The third kappa shape index (κ3) is 4.97. The molecule has 2 nitrogen and oxygen atoms in total. The van der Waals surface area contributed by atoms with Crippen molar-refractivity contribution in [3.8, 4) is 0 Å². The number of rotatable bonds is 7. The standard InChI is InChI=1S/C12H22F3NOS/c1-3-6-16-9-11(4-7-17-10(11)2)5-8-18-12(13,14)15/h10,16H,3-9H2,1-2H3. The maximum atomic E-state index is 12.2. The predicted octanol–water partition coefficient (Wildman–Crippen LogP) is 3.42. The molecule has 2 unspecified atom stereocenters. The van der Waals surface area contributed by atoms with Crippen molar-refractivity contribution >= 4 is 11.8 Å². The molecule has 1 heterocycles. The Kier molecular flexibility index (Phi) is 6.27. The Morgan fingerprint density at radius 2 is 2.17 bits per heavy atom. The van der Waals surface area contributed by atoms with Gasteiger partial charge in [0.2, 0.25) is 0 Å². The number of thioether (sulfide) groups is 1. The molecule has 108 valence electrons. The molecule has 0 aliphatic carbocycles. The van der Waals surface area contributed by atoms with Crippen LogP contribution in [0.2, 0.25) is 0 Å². The lowest BCUT2D eigenvalue weighted by molar-refractivity contribution is -0.0330. The van der Waals surface area contributed by atoms with Crippen molar-refractivity contribution in [3.63, 3.8) is 0 Å². The van der Waals surface area contributed by atoms with Crippen LogP contribution in [-0.2, 0) is 4.74 Å². The molecule has 0 spiro atoms. The van der Waals surface area contributed by atoms with Crippen LogP contribution in [-0.4, -0.2) is 37.1 Å². The number of hydrogen-bond acceptors (Lipinski definition) is 3. The quantitative estimate of drug-likeness (QED) is 0.724. The molecular formula is C12H22F3NOS. The van der Waals surface area contributed by atoms with Gasteiger partial charge in [-0.3, -0.25) is 0 Å². The summed E-state index contributed by atoms with van der Waals surface area (Å²) in [5.41, 5.74) is -4.26. The number of ether oxygens (including phenoxy) is 1. The molecule has 1 fully saturated rings. The van der Waals surface area contributed by atoms with Crippen LogP contribution >= 0.6 is 11.8 Å². The van der Waals surface area contributed by atoms with E-state index < -0.39 is 5.51 Å². The van der Waals surface area contributed by atoms with Crippen molar-refractivity contribution in [3.05, 3.63) is 0 Å². The summed E-state index contributed by atoms with van der Waals surface area (Å²) in [6, 6.07) is 0. The maximum Gasteiger partial charge on any atom is 0.441 e. The summed E-state index contributed by atoms with van der Waals surface area (Å²) >= 11 is 0.0769. The first kappa shape index (κ1) is 16.1. The van der Waals surface area contributed by atoms with Gasteiger partial charge in [-0.1, -0.05) is 18.7 Å². The average Bonchev–Trinajstić information content (AvgIpc) is 2.59. The highest BCUT2D eigenvalue weighted by atomic mass is 32.2. The SMILES string of the molecule is CCCNCC1(CCSC(F)(F)F)CCOC1C. The van der Waals surface area contributed by atoms with Gasteiger partial charge in [0, 0.05) is 24.3 Å². The van der Waals surface area contributed by atoms with E-state index in [9.17, 15) is 13.2 Å². The van der Waals surface area contributed by atoms with Crippen molar-refractivity contribution in [1.82, 2.24) is 5.32 Å². The van der Waals surface area contributed by atoms with Crippen LogP contribution in [0.3, 0.4) is 0 Å². The fraction of sp³-hybridized carbons (Fsp3) is 1.00. The first-order chi connectivity index (χ1) is 8.40. The van der Waals surface area contributed by atoms with Crippen LogP contribution in [0.4, 0.5) is 13.2 Å². The molecule has 1 aliphatic rings. The summed E-state index contributed by atoms with van der Waals surface area (Å²) in [6.07, 6.45) is 2.47. The summed E-state index contributed by atoms with van der Waals surface area (Å²) in [7, 11) is 0. The molecule has 1 rings (SSSR count). The van der Waals surface area contributed by atoms with Gasteiger partial charge in [-0.25, -0.2) is 0 Å². The summed E-state index contributed by atoms with van der Waals surface area (Å²) in [5, 5.41) is 3.33. The van der Waals surface area contributed by atoms with E-state index in [-0.39, 0.29) is 29.0 Å². The van der Waals surface area contributed by atoms with Crippen LogP contribution in [0.5, 0.6) is 0 Å². The lowest BCUT2D eigenvalue weighted by Crippen LogP contribution is -2.40. The Bertz CT molecular complexity index is 250. The highest BCUT2D eigenvalue weighted by Crippen LogP contribution is 2.41. The van der Waals surface area contributed by atoms with E-state index in [0.29, 0.717) is 13.0 Å². The van der Waals surface area contributed by atoms with E-state index in [2.05, 4.69) is 12.2 Å². The number of alkyl halides is 3. The van der Waals surface area contributed by atoms with Gasteiger partial charge in [0.1, 0.15) is 0 Å². The van der Waals surface area contributed by atoms with Gasteiger partial charge in [-0.15, -0.1) is 0 Å². The summed E-state index contributed by atoms with van der Waals surface area (Å²) < 4.78 is 42.1. The molecule has 0 bridgehead atoms. The highest BCUT2D eigenvalue weighted by molar-refractivity contribution is 8.00. The summed E-state index contributed by atoms with van der Waals surface area (Å²) in [6.45, 7) is 6.36. The van der Waals surface area contributed by atoms with Crippen LogP contribution in [0.1, 0.15) is 33.1 Å². The van der Waals surface area contributed by atoms with Crippen LogP contribution < -0.4 is 5.32 Å². The Balaban J connectivity index is 2.45. The van der Waals surface area contributed by atoms with Crippen molar-refractivity contribution < 1.29 is 17.9 Å². The number of hydrogen-bond donors (Lipinski definition) is 1.